The van der Waals surface area contributed by atoms with E-state index in [1.54, 1.807) is 29.6 Å². The topological polar surface area (TPSA) is 108 Å². The first-order chi connectivity index (χ1) is 15.0. The second-order valence-corrected chi connectivity index (χ2v) is 8.09. The SMILES string of the molecule is Cc1cncc(-c2ccc(NC(=O)CN3CCCC4=C3C(=O)N(C3CC3)C4=O)nc2)n1. The van der Waals surface area contributed by atoms with Crippen LogP contribution < -0.4 is 5.32 Å². The Morgan fingerprint density at radius 1 is 1.16 bits per heavy atom. The monoisotopic (exact) mass is 418 g/mol. The molecule has 31 heavy (non-hydrogen) atoms. The molecule has 5 rings (SSSR count). The lowest BCUT2D eigenvalue weighted by atomic mass is 10.0. The minimum absolute atomic E-state index is 0.00312. The first-order valence-corrected chi connectivity index (χ1v) is 10.4. The smallest absolute Gasteiger partial charge is 0.277 e. The maximum Gasteiger partial charge on any atom is 0.277 e. The highest BCUT2D eigenvalue weighted by Gasteiger charge is 2.48. The van der Waals surface area contributed by atoms with Gasteiger partial charge in [0.25, 0.3) is 11.8 Å². The molecular weight excluding hydrogens is 396 g/mol. The zero-order valence-corrected chi connectivity index (χ0v) is 17.2. The lowest BCUT2D eigenvalue weighted by molar-refractivity contribution is -0.138. The number of rotatable bonds is 5. The third kappa shape index (κ3) is 3.67. The Morgan fingerprint density at radius 3 is 2.71 bits per heavy atom. The fraction of sp³-hybridized carbons (Fsp3) is 0.364. The van der Waals surface area contributed by atoms with Crippen molar-refractivity contribution in [3.05, 3.63) is 47.7 Å². The van der Waals surface area contributed by atoms with E-state index in [0.717, 1.165) is 30.5 Å². The Bertz CT molecular complexity index is 1110. The number of hydrogen-bond donors (Lipinski definition) is 1. The summed E-state index contributed by atoms with van der Waals surface area (Å²) in [6.45, 7) is 2.44. The third-order valence-corrected chi connectivity index (χ3v) is 5.68. The largest absolute Gasteiger partial charge is 0.357 e. The predicted octanol–water partition coefficient (Wildman–Crippen LogP) is 1.67. The van der Waals surface area contributed by atoms with E-state index < -0.39 is 0 Å². The van der Waals surface area contributed by atoms with E-state index in [1.807, 2.05) is 13.0 Å². The quantitative estimate of drug-likeness (QED) is 0.736. The van der Waals surface area contributed by atoms with Gasteiger partial charge in [-0.05, 0) is 44.7 Å². The molecule has 1 aliphatic carbocycles. The van der Waals surface area contributed by atoms with Crippen LogP contribution in [0.25, 0.3) is 11.3 Å². The Balaban J connectivity index is 1.26. The molecule has 0 unspecified atom stereocenters. The molecule has 2 aromatic rings. The van der Waals surface area contributed by atoms with Gasteiger partial charge in [0.2, 0.25) is 5.91 Å². The van der Waals surface area contributed by atoms with E-state index in [9.17, 15) is 14.4 Å². The van der Waals surface area contributed by atoms with Crippen molar-refractivity contribution in [2.75, 3.05) is 18.4 Å². The zero-order chi connectivity index (χ0) is 21.5. The number of pyridine rings is 1. The predicted molar refractivity (Wildman–Crippen MR) is 111 cm³/mol. The zero-order valence-electron chi connectivity index (χ0n) is 17.2. The fourth-order valence-corrected chi connectivity index (χ4v) is 4.09. The van der Waals surface area contributed by atoms with Crippen LogP contribution in [0.5, 0.6) is 0 Å². The van der Waals surface area contributed by atoms with Crippen LogP contribution in [0.2, 0.25) is 0 Å². The second kappa shape index (κ2) is 7.57. The van der Waals surface area contributed by atoms with Crippen LogP contribution in [0, 0.1) is 6.92 Å². The van der Waals surface area contributed by atoms with Crippen molar-refractivity contribution < 1.29 is 14.4 Å². The first-order valence-electron chi connectivity index (χ1n) is 10.4. The molecule has 3 amide bonds. The first kappa shape index (κ1) is 19.3. The van der Waals surface area contributed by atoms with Gasteiger partial charge in [0, 0.05) is 36.1 Å². The van der Waals surface area contributed by atoms with Crippen molar-refractivity contribution >= 4 is 23.5 Å². The summed E-state index contributed by atoms with van der Waals surface area (Å²) in [6.07, 6.45) is 8.05. The normalized spacial score (nSPS) is 18.5. The summed E-state index contributed by atoms with van der Waals surface area (Å²) < 4.78 is 0. The van der Waals surface area contributed by atoms with E-state index >= 15 is 0 Å². The van der Waals surface area contributed by atoms with Gasteiger partial charge in [-0.25, -0.2) is 9.97 Å². The highest BCUT2D eigenvalue weighted by atomic mass is 16.2. The Labute approximate surface area is 179 Å². The van der Waals surface area contributed by atoms with Crippen molar-refractivity contribution in [2.24, 2.45) is 0 Å². The number of nitrogens with one attached hydrogen (secondary N) is 1. The highest BCUT2D eigenvalue weighted by Crippen LogP contribution is 2.38. The minimum atomic E-state index is -0.283. The summed E-state index contributed by atoms with van der Waals surface area (Å²) in [4.78, 5) is 54.0. The number of amides is 3. The molecule has 4 heterocycles. The van der Waals surface area contributed by atoms with E-state index in [2.05, 4.69) is 20.3 Å². The molecule has 0 radical (unpaired) electrons. The highest BCUT2D eigenvalue weighted by molar-refractivity contribution is 6.19. The average molecular weight is 418 g/mol. The summed E-state index contributed by atoms with van der Waals surface area (Å²) >= 11 is 0. The van der Waals surface area contributed by atoms with Crippen LogP contribution in [0.3, 0.4) is 0 Å². The van der Waals surface area contributed by atoms with E-state index in [0.29, 0.717) is 35.7 Å². The summed E-state index contributed by atoms with van der Waals surface area (Å²) in [6, 6.07) is 3.55. The maximum atomic E-state index is 12.8. The summed E-state index contributed by atoms with van der Waals surface area (Å²) in [5.41, 5.74) is 3.28. The van der Waals surface area contributed by atoms with Crippen LogP contribution in [0.4, 0.5) is 5.82 Å². The summed E-state index contributed by atoms with van der Waals surface area (Å²) in [5, 5.41) is 2.77. The van der Waals surface area contributed by atoms with Gasteiger partial charge >= 0.3 is 0 Å². The number of nitrogens with zero attached hydrogens (tertiary/aromatic N) is 5. The average Bonchev–Trinajstić information content (AvgIpc) is 3.55. The number of hydrogen-bond acceptors (Lipinski definition) is 7. The number of anilines is 1. The Morgan fingerprint density at radius 2 is 2.00 bits per heavy atom. The molecule has 3 aliphatic rings. The molecule has 1 N–H and O–H groups in total. The lowest BCUT2D eigenvalue weighted by Gasteiger charge is -2.28. The summed E-state index contributed by atoms with van der Waals surface area (Å²) in [5.74, 6) is -0.302. The molecule has 1 fully saturated rings. The molecule has 0 spiro atoms. The van der Waals surface area contributed by atoms with E-state index in [4.69, 9.17) is 0 Å². The van der Waals surface area contributed by atoms with Crippen LogP contribution in [-0.2, 0) is 14.4 Å². The summed E-state index contributed by atoms with van der Waals surface area (Å²) in [7, 11) is 0. The van der Waals surface area contributed by atoms with Gasteiger partial charge in [0.15, 0.2) is 0 Å². The second-order valence-electron chi connectivity index (χ2n) is 8.09. The molecule has 9 heteroatoms. The molecule has 0 bridgehead atoms. The van der Waals surface area contributed by atoms with Crippen LogP contribution >= 0.6 is 0 Å². The molecule has 0 aromatic carbocycles. The van der Waals surface area contributed by atoms with Gasteiger partial charge in [-0.2, -0.15) is 0 Å². The molecule has 0 saturated heterocycles. The van der Waals surface area contributed by atoms with Crippen LogP contribution in [0.1, 0.15) is 31.4 Å². The van der Waals surface area contributed by atoms with Gasteiger partial charge in [-0.3, -0.25) is 24.3 Å². The fourth-order valence-electron chi connectivity index (χ4n) is 4.09. The maximum absolute atomic E-state index is 12.8. The van der Waals surface area contributed by atoms with Crippen molar-refractivity contribution in [1.29, 1.82) is 0 Å². The van der Waals surface area contributed by atoms with Gasteiger partial charge < -0.3 is 10.2 Å². The standard InChI is InChI=1S/C22H22N6O3/c1-13-9-23-11-17(25-13)14-4-7-18(24-10-14)26-19(29)12-27-8-2-3-16-20(27)22(31)28(21(16)30)15-5-6-15/h4,7,9-11,15H,2-3,5-6,8,12H2,1H3,(H,24,26,29). The van der Waals surface area contributed by atoms with E-state index in [-0.39, 0.29) is 30.3 Å². The number of carbonyl (C=O) groups is 3. The van der Waals surface area contributed by atoms with Gasteiger partial charge in [0.1, 0.15) is 11.5 Å². The number of carbonyl (C=O) groups excluding carboxylic acids is 3. The molecule has 158 valence electrons. The lowest BCUT2D eigenvalue weighted by Crippen LogP contribution is -2.40. The van der Waals surface area contributed by atoms with Crippen LogP contribution in [-0.4, -0.2) is 61.6 Å². The molecule has 0 atom stereocenters. The van der Waals surface area contributed by atoms with Crippen molar-refractivity contribution in [2.45, 2.75) is 38.6 Å². The molecule has 2 aliphatic heterocycles. The van der Waals surface area contributed by atoms with E-state index in [1.165, 1.54) is 4.90 Å². The van der Waals surface area contributed by atoms with Gasteiger partial charge in [-0.15, -0.1) is 0 Å². The number of aryl methyl sites for hydroxylation is 1. The Hall–Kier alpha value is -3.62. The molecular formula is C22H22N6O3. The van der Waals surface area contributed by atoms with Gasteiger partial charge in [-0.1, -0.05) is 0 Å². The number of aromatic nitrogens is 3. The molecule has 1 saturated carbocycles. The molecule has 9 nitrogen and oxygen atoms in total. The van der Waals surface area contributed by atoms with Gasteiger partial charge in [0.05, 0.1) is 24.1 Å². The van der Waals surface area contributed by atoms with Crippen molar-refractivity contribution in [3.63, 3.8) is 0 Å². The Kier molecular flexibility index (Phi) is 4.72. The number of imide groups is 1. The minimum Gasteiger partial charge on any atom is -0.357 e. The third-order valence-electron chi connectivity index (χ3n) is 5.68. The van der Waals surface area contributed by atoms with Crippen molar-refractivity contribution in [3.8, 4) is 11.3 Å². The van der Waals surface area contributed by atoms with Crippen molar-refractivity contribution in [1.82, 2.24) is 24.8 Å². The van der Waals surface area contributed by atoms with Crippen LogP contribution in [0.15, 0.2) is 42.0 Å². The molecule has 2 aromatic heterocycles.